The number of nitrogens with two attached hydrogens (primary N) is 1. The van der Waals surface area contributed by atoms with Gasteiger partial charge in [0.1, 0.15) is 12.4 Å². The van der Waals surface area contributed by atoms with Crippen LogP contribution in [-0.4, -0.2) is 55.3 Å². The highest BCUT2D eigenvalue weighted by Crippen LogP contribution is 2.05. The van der Waals surface area contributed by atoms with Crippen molar-refractivity contribution in [2.45, 2.75) is 0 Å². The quantitative estimate of drug-likeness (QED) is 0.466. The van der Waals surface area contributed by atoms with Crippen LogP contribution in [-0.2, 0) is 4.74 Å². The lowest BCUT2D eigenvalue weighted by molar-refractivity contribution is 0.0674. The number of hydrogen-bond donors (Lipinski definition) is 1. The van der Waals surface area contributed by atoms with Gasteiger partial charge in [0, 0.05) is 19.3 Å². The maximum absolute atomic E-state index is 5.88. The molecule has 1 aliphatic heterocycles. The molecule has 2 heterocycles. The van der Waals surface area contributed by atoms with Gasteiger partial charge in [-0.25, -0.2) is 4.99 Å². The van der Waals surface area contributed by atoms with E-state index in [1.807, 2.05) is 17.0 Å². The van der Waals surface area contributed by atoms with E-state index in [2.05, 4.69) is 9.98 Å². The first-order valence-electron chi connectivity index (χ1n) is 6.02. The summed E-state index contributed by atoms with van der Waals surface area (Å²) >= 11 is 0. The number of pyridine rings is 1. The minimum atomic E-state index is 0.497. The van der Waals surface area contributed by atoms with Crippen LogP contribution in [0, 0.1) is 0 Å². The molecule has 0 radical (unpaired) electrons. The molecule has 1 aliphatic rings. The van der Waals surface area contributed by atoms with Crippen LogP contribution >= 0.6 is 0 Å². The summed E-state index contributed by atoms with van der Waals surface area (Å²) in [5.74, 6) is 1.31. The largest absolute Gasteiger partial charge is 0.490 e. The Hall–Kier alpha value is -1.82. The van der Waals surface area contributed by atoms with E-state index in [4.69, 9.17) is 15.2 Å². The number of hydrogen-bond acceptors (Lipinski definition) is 4. The van der Waals surface area contributed by atoms with Gasteiger partial charge in [-0.3, -0.25) is 4.98 Å². The normalized spacial score (nSPS) is 16.7. The molecule has 2 rings (SSSR count). The monoisotopic (exact) mass is 250 g/mol. The van der Waals surface area contributed by atoms with Gasteiger partial charge in [0.2, 0.25) is 0 Å². The van der Waals surface area contributed by atoms with Gasteiger partial charge in [-0.05, 0) is 12.1 Å². The standard InChI is InChI=1S/C12H18N4O2/c13-12(16-5-8-17-9-6-16)15-4-7-18-11-2-1-3-14-10-11/h1-3,10H,4-9H2,(H2,13,15). The molecule has 0 saturated carbocycles. The minimum Gasteiger partial charge on any atom is -0.490 e. The number of aromatic nitrogens is 1. The van der Waals surface area contributed by atoms with E-state index < -0.39 is 0 Å². The topological polar surface area (TPSA) is 73.0 Å². The third kappa shape index (κ3) is 3.89. The van der Waals surface area contributed by atoms with E-state index in [1.165, 1.54) is 0 Å². The smallest absolute Gasteiger partial charge is 0.191 e. The average Bonchev–Trinajstić information content (AvgIpc) is 2.45. The van der Waals surface area contributed by atoms with Crippen molar-refractivity contribution in [1.29, 1.82) is 0 Å². The molecule has 0 aliphatic carbocycles. The molecule has 1 fully saturated rings. The van der Waals surface area contributed by atoms with E-state index in [0.717, 1.165) is 18.8 Å². The number of guanidine groups is 1. The summed E-state index contributed by atoms with van der Waals surface area (Å²) in [5, 5.41) is 0. The van der Waals surface area contributed by atoms with Gasteiger partial charge < -0.3 is 20.1 Å². The molecule has 2 N–H and O–H groups in total. The van der Waals surface area contributed by atoms with E-state index >= 15 is 0 Å². The van der Waals surface area contributed by atoms with Crippen molar-refractivity contribution >= 4 is 5.96 Å². The number of aliphatic imine (C=N–C) groups is 1. The molecular weight excluding hydrogens is 232 g/mol. The number of morpholine rings is 1. The fourth-order valence-corrected chi connectivity index (χ4v) is 1.65. The van der Waals surface area contributed by atoms with Crippen LogP contribution in [0.4, 0.5) is 0 Å². The fourth-order valence-electron chi connectivity index (χ4n) is 1.65. The summed E-state index contributed by atoms with van der Waals surface area (Å²) in [6.07, 6.45) is 3.39. The Morgan fingerprint density at radius 3 is 3.06 bits per heavy atom. The van der Waals surface area contributed by atoms with E-state index in [1.54, 1.807) is 12.4 Å². The lowest BCUT2D eigenvalue weighted by atomic mass is 10.4. The van der Waals surface area contributed by atoms with Gasteiger partial charge in [0.15, 0.2) is 5.96 Å². The van der Waals surface area contributed by atoms with Crippen LogP contribution in [0.5, 0.6) is 5.75 Å². The number of rotatable bonds is 4. The van der Waals surface area contributed by atoms with Crippen LogP contribution in [0.1, 0.15) is 0 Å². The molecule has 0 atom stereocenters. The zero-order chi connectivity index (χ0) is 12.6. The average molecular weight is 250 g/mol. The molecule has 0 bridgehead atoms. The molecule has 0 unspecified atom stereocenters. The minimum absolute atomic E-state index is 0.497. The van der Waals surface area contributed by atoms with Crippen molar-refractivity contribution in [3.05, 3.63) is 24.5 Å². The van der Waals surface area contributed by atoms with Crippen LogP contribution in [0.25, 0.3) is 0 Å². The molecule has 18 heavy (non-hydrogen) atoms. The molecule has 1 saturated heterocycles. The Balaban J connectivity index is 1.70. The Morgan fingerprint density at radius 2 is 2.33 bits per heavy atom. The molecule has 6 nitrogen and oxygen atoms in total. The third-order valence-electron chi connectivity index (χ3n) is 2.60. The van der Waals surface area contributed by atoms with Gasteiger partial charge in [-0.15, -0.1) is 0 Å². The van der Waals surface area contributed by atoms with E-state index in [0.29, 0.717) is 32.3 Å². The van der Waals surface area contributed by atoms with Gasteiger partial charge >= 0.3 is 0 Å². The number of nitrogens with zero attached hydrogens (tertiary/aromatic N) is 3. The first-order chi connectivity index (χ1) is 8.86. The zero-order valence-electron chi connectivity index (χ0n) is 10.3. The molecule has 0 aromatic carbocycles. The highest BCUT2D eigenvalue weighted by atomic mass is 16.5. The Kier molecular flexibility index (Phi) is 4.78. The van der Waals surface area contributed by atoms with Crippen LogP contribution in [0.3, 0.4) is 0 Å². The summed E-state index contributed by atoms with van der Waals surface area (Å²) in [6.45, 7) is 4.07. The molecule has 98 valence electrons. The maximum Gasteiger partial charge on any atom is 0.191 e. The fraction of sp³-hybridized carbons (Fsp3) is 0.500. The third-order valence-corrected chi connectivity index (χ3v) is 2.60. The van der Waals surface area contributed by atoms with Gasteiger partial charge in [-0.2, -0.15) is 0 Å². The summed E-state index contributed by atoms with van der Waals surface area (Å²) in [7, 11) is 0. The molecule has 1 aromatic rings. The molecule has 6 heteroatoms. The second-order valence-electron chi connectivity index (χ2n) is 3.88. The van der Waals surface area contributed by atoms with Crippen LogP contribution in [0.2, 0.25) is 0 Å². The summed E-state index contributed by atoms with van der Waals surface area (Å²) in [4.78, 5) is 10.3. The van der Waals surface area contributed by atoms with Crippen molar-refractivity contribution in [2.75, 3.05) is 39.5 Å². The Bertz CT molecular complexity index is 377. The highest BCUT2D eigenvalue weighted by molar-refractivity contribution is 5.78. The van der Waals surface area contributed by atoms with E-state index in [-0.39, 0.29) is 0 Å². The van der Waals surface area contributed by atoms with E-state index in [9.17, 15) is 0 Å². The highest BCUT2D eigenvalue weighted by Gasteiger charge is 2.11. The zero-order valence-corrected chi connectivity index (χ0v) is 10.3. The SMILES string of the molecule is NC(=NCCOc1cccnc1)N1CCOCC1. The first-order valence-corrected chi connectivity index (χ1v) is 6.02. The Morgan fingerprint density at radius 1 is 1.50 bits per heavy atom. The summed E-state index contributed by atoms with van der Waals surface area (Å²) in [5.41, 5.74) is 5.88. The predicted molar refractivity (Wildman–Crippen MR) is 68.6 cm³/mol. The van der Waals surface area contributed by atoms with Gasteiger partial charge in [0.25, 0.3) is 0 Å². The lowest BCUT2D eigenvalue weighted by Crippen LogP contribution is -2.45. The van der Waals surface area contributed by atoms with Crippen LogP contribution in [0.15, 0.2) is 29.5 Å². The first kappa shape index (κ1) is 12.6. The molecule has 1 aromatic heterocycles. The predicted octanol–water partition coefficient (Wildman–Crippen LogP) is 0.107. The van der Waals surface area contributed by atoms with Crippen molar-refractivity contribution in [2.24, 2.45) is 10.7 Å². The van der Waals surface area contributed by atoms with Crippen molar-refractivity contribution < 1.29 is 9.47 Å². The summed E-state index contributed by atoms with van der Waals surface area (Å²) in [6, 6.07) is 3.70. The van der Waals surface area contributed by atoms with Crippen molar-refractivity contribution in [1.82, 2.24) is 9.88 Å². The molecule has 0 spiro atoms. The summed E-state index contributed by atoms with van der Waals surface area (Å²) < 4.78 is 10.7. The Labute approximate surface area is 106 Å². The molecular formula is C12H18N4O2. The number of ether oxygens (including phenoxy) is 2. The van der Waals surface area contributed by atoms with Crippen molar-refractivity contribution in [3.63, 3.8) is 0 Å². The lowest BCUT2D eigenvalue weighted by Gasteiger charge is -2.27. The molecule has 0 amide bonds. The van der Waals surface area contributed by atoms with Gasteiger partial charge in [-0.1, -0.05) is 0 Å². The second-order valence-corrected chi connectivity index (χ2v) is 3.88. The van der Waals surface area contributed by atoms with Crippen LogP contribution < -0.4 is 10.5 Å². The maximum atomic E-state index is 5.88. The second kappa shape index (κ2) is 6.80. The van der Waals surface area contributed by atoms with Gasteiger partial charge in [0.05, 0.1) is 26.0 Å². The van der Waals surface area contributed by atoms with Crippen molar-refractivity contribution in [3.8, 4) is 5.75 Å².